The molecular formula is C21H25NO2S. The number of carbonyl (C=O) groups excluding carboxylic acids is 1. The third-order valence-electron chi connectivity index (χ3n) is 3.79. The first kappa shape index (κ1) is 19.1. The van der Waals surface area contributed by atoms with Crippen LogP contribution in [-0.2, 0) is 11.2 Å². The Bertz CT molecular complexity index is 668. The lowest BCUT2D eigenvalue weighted by Crippen LogP contribution is -2.32. The van der Waals surface area contributed by atoms with Gasteiger partial charge in [0.05, 0.1) is 12.4 Å². The van der Waals surface area contributed by atoms with Crippen molar-refractivity contribution < 1.29 is 9.53 Å². The van der Waals surface area contributed by atoms with E-state index in [9.17, 15) is 4.79 Å². The van der Waals surface area contributed by atoms with Crippen LogP contribution in [0.3, 0.4) is 0 Å². The second-order valence-corrected chi connectivity index (χ2v) is 7.05. The van der Waals surface area contributed by atoms with Crippen LogP contribution < -0.4 is 10.1 Å². The second-order valence-electron chi connectivity index (χ2n) is 5.68. The number of hydrogen-bond acceptors (Lipinski definition) is 3. The van der Waals surface area contributed by atoms with Gasteiger partial charge in [0.25, 0.3) is 0 Å². The molecule has 0 saturated heterocycles. The fourth-order valence-corrected chi connectivity index (χ4v) is 3.02. The van der Waals surface area contributed by atoms with Gasteiger partial charge in [-0.1, -0.05) is 54.6 Å². The van der Waals surface area contributed by atoms with Crippen molar-refractivity contribution in [2.45, 2.75) is 18.6 Å². The molecule has 2 aromatic carbocycles. The van der Waals surface area contributed by atoms with Crippen LogP contribution in [-0.4, -0.2) is 30.6 Å². The number of ether oxygens (including phenoxy) is 1. The summed E-state index contributed by atoms with van der Waals surface area (Å²) in [5.74, 6) is 1.76. The molecule has 0 spiro atoms. The van der Waals surface area contributed by atoms with E-state index < -0.39 is 0 Å². The highest BCUT2D eigenvalue weighted by Crippen LogP contribution is 2.13. The molecule has 4 heteroatoms. The lowest BCUT2D eigenvalue weighted by atomic mass is 10.1. The quantitative estimate of drug-likeness (QED) is 0.733. The summed E-state index contributed by atoms with van der Waals surface area (Å²) in [6.45, 7) is 2.60. The first-order valence-electron chi connectivity index (χ1n) is 8.43. The van der Waals surface area contributed by atoms with Crippen LogP contribution >= 0.6 is 11.8 Å². The Morgan fingerprint density at radius 3 is 2.56 bits per heavy atom. The number of methoxy groups -OCH3 is 1. The monoisotopic (exact) mass is 355 g/mol. The molecule has 0 heterocycles. The Hall–Kier alpha value is -2.20. The summed E-state index contributed by atoms with van der Waals surface area (Å²) < 4.78 is 5.14. The minimum Gasteiger partial charge on any atom is -0.497 e. The molecule has 0 bridgehead atoms. The van der Waals surface area contributed by atoms with E-state index in [2.05, 4.69) is 29.6 Å². The highest BCUT2D eigenvalue weighted by Gasteiger charge is 2.11. The van der Waals surface area contributed by atoms with E-state index in [-0.39, 0.29) is 11.2 Å². The zero-order chi connectivity index (χ0) is 17.9. The SMILES string of the molecule is COc1ccc(CCNC(=O)C(C)SC/C=C/c2ccccc2)cc1. The number of carbonyl (C=O) groups is 1. The van der Waals surface area contributed by atoms with Crippen LogP contribution in [0.5, 0.6) is 5.75 Å². The van der Waals surface area contributed by atoms with Crippen molar-refractivity contribution in [2.75, 3.05) is 19.4 Å². The Labute approximate surface area is 154 Å². The summed E-state index contributed by atoms with van der Waals surface area (Å²) in [6.07, 6.45) is 5.00. The van der Waals surface area contributed by atoms with Gasteiger partial charge in [0.2, 0.25) is 5.91 Å². The van der Waals surface area contributed by atoms with Crippen molar-refractivity contribution in [2.24, 2.45) is 0 Å². The predicted molar refractivity (Wildman–Crippen MR) is 107 cm³/mol. The van der Waals surface area contributed by atoms with Crippen molar-refractivity contribution in [1.29, 1.82) is 0 Å². The Balaban J connectivity index is 1.65. The maximum Gasteiger partial charge on any atom is 0.232 e. The fourth-order valence-electron chi connectivity index (χ4n) is 2.29. The third-order valence-corrected chi connectivity index (χ3v) is 4.89. The molecule has 2 aromatic rings. The minimum atomic E-state index is -0.0590. The molecule has 1 amide bonds. The molecule has 132 valence electrons. The van der Waals surface area contributed by atoms with Crippen LogP contribution in [0, 0.1) is 0 Å². The van der Waals surface area contributed by atoms with Crippen molar-refractivity contribution in [3.63, 3.8) is 0 Å². The molecule has 2 rings (SSSR count). The van der Waals surface area contributed by atoms with Gasteiger partial charge in [-0.2, -0.15) is 0 Å². The Morgan fingerprint density at radius 1 is 1.16 bits per heavy atom. The smallest absolute Gasteiger partial charge is 0.232 e. The zero-order valence-corrected chi connectivity index (χ0v) is 15.6. The lowest BCUT2D eigenvalue weighted by Gasteiger charge is -2.11. The van der Waals surface area contributed by atoms with Crippen LogP contribution in [0.1, 0.15) is 18.1 Å². The number of thioether (sulfide) groups is 1. The predicted octanol–water partition coefficient (Wildman–Crippen LogP) is 4.19. The summed E-state index contributed by atoms with van der Waals surface area (Å²) in [6, 6.07) is 18.1. The van der Waals surface area contributed by atoms with Gasteiger partial charge in [-0.05, 0) is 36.6 Å². The normalized spacial score (nSPS) is 12.1. The van der Waals surface area contributed by atoms with Crippen LogP contribution in [0.15, 0.2) is 60.7 Å². The number of benzene rings is 2. The summed E-state index contributed by atoms with van der Waals surface area (Å²) in [5.41, 5.74) is 2.37. The lowest BCUT2D eigenvalue weighted by molar-refractivity contribution is -0.120. The number of hydrogen-bond donors (Lipinski definition) is 1. The average Bonchev–Trinajstić information content (AvgIpc) is 2.66. The molecular weight excluding hydrogens is 330 g/mol. The average molecular weight is 356 g/mol. The summed E-state index contributed by atoms with van der Waals surface area (Å²) in [4.78, 5) is 12.1. The molecule has 0 aromatic heterocycles. The van der Waals surface area contributed by atoms with E-state index in [1.165, 1.54) is 11.1 Å². The number of amides is 1. The molecule has 1 unspecified atom stereocenters. The largest absolute Gasteiger partial charge is 0.497 e. The molecule has 0 saturated carbocycles. The molecule has 0 aliphatic heterocycles. The molecule has 0 aliphatic carbocycles. The van der Waals surface area contributed by atoms with Crippen LogP contribution in [0.25, 0.3) is 6.08 Å². The van der Waals surface area contributed by atoms with E-state index in [1.807, 2.05) is 49.4 Å². The summed E-state index contributed by atoms with van der Waals surface area (Å²) >= 11 is 1.64. The molecule has 1 atom stereocenters. The molecule has 1 N–H and O–H groups in total. The number of nitrogens with one attached hydrogen (secondary N) is 1. The van der Waals surface area contributed by atoms with Crippen molar-refractivity contribution in [1.82, 2.24) is 5.32 Å². The van der Waals surface area contributed by atoms with Gasteiger partial charge in [0.15, 0.2) is 0 Å². The summed E-state index contributed by atoms with van der Waals surface area (Å²) in [5, 5.41) is 2.94. The highest BCUT2D eigenvalue weighted by atomic mass is 32.2. The van der Waals surface area contributed by atoms with Gasteiger partial charge < -0.3 is 10.1 Å². The maximum absolute atomic E-state index is 12.1. The second kappa shape index (κ2) is 10.6. The van der Waals surface area contributed by atoms with E-state index in [4.69, 9.17) is 4.74 Å². The van der Waals surface area contributed by atoms with Gasteiger partial charge in [-0.15, -0.1) is 11.8 Å². The van der Waals surface area contributed by atoms with E-state index in [0.717, 1.165) is 17.9 Å². The van der Waals surface area contributed by atoms with E-state index in [1.54, 1.807) is 18.9 Å². The molecule has 0 fully saturated rings. The topological polar surface area (TPSA) is 38.3 Å². The summed E-state index contributed by atoms with van der Waals surface area (Å²) in [7, 11) is 1.66. The number of rotatable bonds is 9. The van der Waals surface area contributed by atoms with Crippen molar-refractivity contribution >= 4 is 23.7 Å². The van der Waals surface area contributed by atoms with Gasteiger partial charge >= 0.3 is 0 Å². The Kier molecular flexibility index (Phi) is 8.13. The van der Waals surface area contributed by atoms with Crippen molar-refractivity contribution in [3.05, 3.63) is 71.8 Å². The first-order chi connectivity index (χ1) is 12.2. The van der Waals surface area contributed by atoms with E-state index >= 15 is 0 Å². The van der Waals surface area contributed by atoms with E-state index in [0.29, 0.717) is 6.54 Å². The Morgan fingerprint density at radius 2 is 1.88 bits per heavy atom. The molecule has 0 aliphatic rings. The minimum absolute atomic E-state index is 0.0590. The van der Waals surface area contributed by atoms with Gasteiger partial charge in [0, 0.05) is 12.3 Å². The zero-order valence-electron chi connectivity index (χ0n) is 14.8. The molecule has 3 nitrogen and oxygen atoms in total. The van der Waals surface area contributed by atoms with Crippen LogP contribution in [0.2, 0.25) is 0 Å². The molecule has 25 heavy (non-hydrogen) atoms. The third kappa shape index (κ3) is 7.06. The van der Waals surface area contributed by atoms with Crippen molar-refractivity contribution in [3.8, 4) is 5.75 Å². The van der Waals surface area contributed by atoms with Gasteiger partial charge in [-0.3, -0.25) is 4.79 Å². The van der Waals surface area contributed by atoms with Gasteiger partial charge in [-0.25, -0.2) is 0 Å². The molecule has 0 radical (unpaired) electrons. The highest BCUT2D eigenvalue weighted by molar-refractivity contribution is 8.00. The van der Waals surface area contributed by atoms with Gasteiger partial charge in [0.1, 0.15) is 5.75 Å². The van der Waals surface area contributed by atoms with Crippen LogP contribution in [0.4, 0.5) is 0 Å². The standard InChI is InChI=1S/C21H25NO2S/c1-17(25-16-6-9-18-7-4-3-5-8-18)21(23)22-15-14-19-10-12-20(24-2)13-11-19/h3-13,17H,14-16H2,1-2H3,(H,22,23)/b9-6+. The maximum atomic E-state index is 12.1. The first-order valence-corrected chi connectivity index (χ1v) is 9.48. The fraction of sp³-hybridized carbons (Fsp3) is 0.286.